The predicted molar refractivity (Wildman–Crippen MR) is 76.3 cm³/mol. The number of methoxy groups -OCH3 is 1. The Balaban J connectivity index is 2.10. The Morgan fingerprint density at radius 3 is 2.52 bits per heavy atom. The van der Waals surface area contributed by atoms with Gasteiger partial charge in [0.2, 0.25) is 0 Å². The fourth-order valence-corrected chi connectivity index (χ4v) is 1.73. The molecule has 0 saturated carbocycles. The van der Waals surface area contributed by atoms with Crippen molar-refractivity contribution in [2.24, 2.45) is 0 Å². The van der Waals surface area contributed by atoms with E-state index in [1.807, 2.05) is 0 Å². The van der Waals surface area contributed by atoms with Crippen LogP contribution in [0.25, 0.3) is 0 Å². The van der Waals surface area contributed by atoms with E-state index in [0.29, 0.717) is 12.2 Å². The van der Waals surface area contributed by atoms with E-state index in [0.717, 1.165) is 5.56 Å². The number of carbonyl (C=O) groups is 2. The molecule has 0 aliphatic carbocycles. The number of hydrogen-bond acceptors (Lipinski definition) is 4. The van der Waals surface area contributed by atoms with Crippen LogP contribution in [-0.4, -0.2) is 29.1 Å². The van der Waals surface area contributed by atoms with Gasteiger partial charge in [0.15, 0.2) is 5.69 Å². The second kappa shape index (κ2) is 6.62. The number of carboxylic acids is 1. The van der Waals surface area contributed by atoms with Crippen LogP contribution in [0, 0.1) is 0 Å². The minimum absolute atomic E-state index is 0.122. The van der Waals surface area contributed by atoms with E-state index in [4.69, 9.17) is 9.84 Å². The van der Waals surface area contributed by atoms with E-state index < -0.39 is 5.97 Å². The zero-order valence-electron chi connectivity index (χ0n) is 11.4. The second-order valence-corrected chi connectivity index (χ2v) is 4.30. The van der Waals surface area contributed by atoms with Gasteiger partial charge in [0, 0.05) is 12.7 Å². The normalized spacial score (nSPS) is 10.1. The lowest BCUT2D eigenvalue weighted by molar-refractivity contribution is 0.0690. The fourth-order valence-electron chi connectivity index (χ4n) is 1.73. The lowest BCUT2D eigenvalue weighted by atomic mass is 10.1. The van der Waals surface area contributed by atoms with Crippen LogP contribution in [0.2, 0.25) is 0 Å². The van der Waals surface area contributed by atoms with Gasteiger partial charge >= 0.3 is 5.97 Å². The van der Waals surface area contributed by atoms with Gasteiger partial charge in [0.25, 0.3) is 5.91 Å². The average Bonchev–Trinajstić information content (AvgIpc) is 2.48. The zero-order chi connectivity index (χ0) is 15.2. The molecule has 2 rings (SSSR count). The standard InChI is InChI=1S/C15H14N2O4/c1-21-9-10-5-7-11(8-6-10)14(18)17-13-4-2-3-12(16-13)15(19)20/h2-8H,9H2,1H3,(H,19,20)(H,16,17,18). The number of hydrogen-bond donors (Lipinski definition) is 2. The Morgan fingerprint density at radius 1 is 1.19 bits per heavy atom. The molecule has 0 bridgehead atoms. The Labute approximate surface area is 121 Å². The van der Waals surface area contributed by atoms with Gasteiger partial charge in [-0.2, -0.15) is 0 Å². The summed E-state index contributed by atoms with van der Waals surface area (Å²) in [6.07, 6.45) is 0. The van der Waals surface area contributed by atoms with E-state index >= 15 is 0 Å². The van der Waals surface area contributed by atoms with E-state index in [2.05, 4.69) is 10.3 Å². The highest BCUT2D eigenvalue weighted by Gasteiger charge is 2.09. The summed E-state index contributed by atoms with van der Waals surface area (Å²) in [6.45, 7) is 0.476. The number of benzene rings is 1. The number of carboxylic acid groups (broad SMARTS) is 1. The first-order chi connectivity index (χ1) is 10.1. The number of carbonyl (C=O) groups excluding carboxylic acids is 1. The lowest BCUT2D eigenvalue weighted by Crippen LogP contribution is -2.14. The number of amides is 1. The molecule has 1 amide bonds. The van der Waals surface area contributed by atoms with Gasteiger partial charge in [-0.15, -0.1) is 0 Å². The highest BCUT2D eigenvalue weighted by atomic mass is 16.5. The molecule has 0 spiro atoms. The second-order valence-electron chi connectivity index (χ2n) is 4.30. The van der Waals surface area contributed by atoms with Crippen LogP contribution in [0.4, 0.5) is 5.82 Å². The summed E-state index contributed by atoms with van der Waals surface area (Å²) in [5, 5.41) is 11.4. The lowest BCUT2D eigenvalue weighted by Gasteiger charge is -2.06. The molecule has 6 heteroatoms. The van der Waals surface area contributed by atoms with E-state index in [1.165, 1.54) is 18.2 Å². The molecular formula is C15H14N2O4. The number of pyridine rings is 1. The molecule has 0 radical (unpaired) electrons. The monoisotopic (exact) mass is 286 g/mol. The number of aromatic nitrogens is 1. The molecule has 0 atom stereocenters. The van der Waals surface area contributed by atoms with Crippen molar-refractivity contribution in [2.75, 3.05) is 12.4 Å². The molecule has 0 aliphatic rings. The Kier molecular flexibility index (Phi) is 4.63. The Bertz CT molecular complexity index is 653. The summed E-state index contributed by atoms with van der Waals surface area (Å²) in [6, 6.07) is 11.3. The van der Waals surface area contributed by atoms with Crippen LogP contribution in [0.15, 0.2) is 42.5 Å². The quantitative estimate of drug-likeness (QED) is 0.879. The van der Waals surface area contributed by atoms with Crippen LogP contribution >= 0.6 is 0 Å². The predicted octanol–water partition coefficient (Wildman–Crippen LogP) is 2.18. The van der Waals surface area contributed by atoms with Crippen molar-refractivity contribution in [1.29, 1.82) is 0 Å². The first-order valence-corrected chi connectivity index (χ1v) is 6.19. The summed E-state index contributed by atoms with van der Waals surface area (Å²) in [5.74, 6) is -1.30. The molecule has 0 unspecified atom stereocenters. The molecule has 0 fully saturated rings. The topological polar surface area (TPSA) is 88.5 Å². The van der Waals surface area contributed by atoms with Crippen molar-refractivity contribution < 1.29 is 19.4 Å². The number of nitrogens with zero attached hydrogens (tertiary/aromatic N) is 1. The summed E-state index contributed by atoms with van der Waals surface area (Å²) in [4.78, 5) is 26.7. The van der Waals surface area contributed by atoms with Crippen LogP contribution in [0.1, 0.15) is 26.4 Å². The van der Waals surface area contributed by atoms with Gasteiger partial charge in [-0.1, -0.05) is 18.2 Å². The van der Waals surface area contributed by atoms with Crippen LogP contribution < -0.4 is 5.32 Å². The van der Waals surface area contributed by atoms with Crippen LogP contribution in [0.3, 0.4) is 0 Å². The molecule has 1 heterocycles. The number of rotatable bonds is 5. The van der Waals surface area contributed by atoms with E-state index in [9.17, 15) is 9.59 Å². The Hall–Kier alpha value is -2.73. The molecule has 2 N–H and O–H groups in total. The third-order valence-electron chi connectivity index (χ3n) is 2.74. The van der Waals surface area contributed by atoms with Gasteiger partial charge in [-0.3, -0.25) is 4.79 Å². The summed E-state index contributed by atoms with van der Waals surface area (Å²) in [7, 11) is 1.60. The highest BCUT2D eigenvalue weighted by Crippen LogP contribution is 2.10. The highest BCUT2D eigenvalue weighted by molar-refractivity contribution is 6.04. The first kappa shape index (κ1) is 14.7. The molecule has 108 valence electrons. The fraction of sp³-hybridized carbons (Fsp3) is 0.133. The molecule has 0 saturated heterocycles. The first-order valence-electron chi connectivity index (χ1n) is 6.19. The number of anilines is 1. The zero-order valence-corrected chi connectivity index (χ0v) is 11.4. The van der Waals surface area contributed by atoms with E-state index in [-0.39, 0.29) is 17.4 Å². The maximum atomic E-state index is 12.0. The van der Waals surface area contributed by atoms with Crippen molar-refractivity contribution in [3.63, 3.8) is 0 Å². The molecule has 6 nitrogen and oxygen atoms in total. The number of aromatic carboxylic acids is 1. The van der Waals surface area contributed by atoms with Crippen molar-refractivity contribution >= 4 is 17.7 Å². The molecule has 1 aromatic heterocycles. The smallest absolute Gasteiger partial charge is 0.354 e. The molecule has 0 aliphatic heterocycles. The molecular weight excluding hydrogens is 272 g/mol. The summed E-state index contributed by atoms with van der Waals surface area (Å²) >= 11 is 0. The average molecular weight is 286 g/mol. The number of nitrogens with one attached hydrogen (secondary N) is 1. The molecule has 21 heavy (non-hydrogen) atoms. The third kappa shape index (κ3) is 3.87. The summed E-state index contributed by atoms with van der Waals surface area (Å²) in [5.41, 5.74) is 1.29. The van der Waals surface area contributed by atoms with Crippen LogP contribution in [0.5, 0.6) is 0 Å². The Morgan fingerprint density at radius 2 is 1.90 bits per heavy atom. The third-order valence-corrected chi connectivity index (χ3v) is 2.74. The van der Waals surface area contributed by atoms with E-state index in [1.54, 1.807) is 31.4 Å². The minimum Gasteiger partial charge on any atom is -0.477 e. The van der Waals surface area contributed by atoms with Crippen molar-refractivity contribution in [3.8, 4) is 0 Å². The van der Waals surface area contributed by atoms with Crippen molar-refractivity contribution in [1.82, 2.24) is 4.98 Å². The van der Waals surface area contributed by atoms with Gasteiger partial charge in [-0.25, -0.2) is 9.78 Å². The van der Waals surface area contributed by atoms with Crippen LogP contribution in [-0.2, 0) is 11.3 Å². The van der Waals surface area contributed by atoms with Gasteiger partial charge in [0.05, 0.1) is 6.61 Å². The largest absolute Gasteiger partial charge is 0.477 e. The van der Waals surface area contributed by atoms with Gasteiger partial charge < -0.3 is 15.2 Å². The summed E-state index contributed by atoms with van der Waals surface area (Å²) < 4.78 is 4.99. The minimum atomic E-state index is -1.14. The molecule has 2 aromatic rings. The number of ether oxygens (including phenoxy) is 1. The van der Waals surface area contributed by atoms with Gasteiger partial charge in [-0.05, 0) is 29.8 Å². The van der Waals surface area contributed by atoms with Crippen molar-refractivity contribution in [2.45, 2.75) is 6.61 Å². The SMILES string of the molecule is COCc1ccc(C(=O)Nc2cccc(C(=O)O)n2)cc1. The van der Waals surface area contributed by atoms with Crippen molar-refractivity contribution in [3.05, 3.63) is 59.3 Å². The van der Waals surface area contributed by atoms with Gasteiger partial charge in [0.1, 0.15) is 5.82 Å². The molecule has 1 aromatic carbocycles. The maximum Gasteiger partial charge on any atom is 0.354 e. The maximum absolute atomic E-state index is 12.0.